The summed E-state index contributed by atoms with van der Waals surface area (Å²) >= 11 is 13.1. The largest absolute Gasteiger partial charge is 0.492 e. The minimum absolute atomic E-state index is 0.116. The quantitative estimate of drug-likeness (QED) is 0.207. The molecule has 0 saturated carbocycles. The number of halogens is 2. The van der Waals surface area contributed by atoms with Crippen LogP contribution in [0.4, 0.5) is 11.4 Å². The minimum Gasteiger partial charge on any atom is -0.492 e. The van der Waals surface area contributed by atoms with Gasteiger partial charge in [0.1, 0.15) is 34.8 Å². The van der Waals surface area contributed by atoms with Crippen molar-refractivity contribution in [1.29, 1.82) is 0 Å². The third-order valence-corrected chi connectivity index (χ3v) is 9.43. The Labute approximate surface area is 289 Å². The van der Waals surface area contributed by atoms with Gasteiger partial charge in [0.05, 0.1) is 36.9 Å². The maximum absolute atomic E-state index is 13.1. The van der Waals surface area contributed by atoms with Crippen molar-refractivity contribution in [1.82, 2.24) is 29.4 Å². The molecule has 2 aromatic carbocycles. The zero-order chi connectivity index (χ0) is 33.3. The smallest absolute Gasteiger partial charge is 0.287 e. The van der Waals surface area contributed by atoms with Crippen molar-refractivity contribution >= 4 is 34.6 Å². The molecule has 4 aromatic rings. The van der Waals surface area contributed by atoms with Crippen LogP contribution in [0.5, 0.6) is 11.5 Å². The van der Waals surface area contributed by atoms with Gasteiger partial charge in [0.2, 0.25) is 0 Å². The molecule has 254 valence electrons. The summed E-state index contributed by atoms with van der Waals surface area (Å²) in [6.45, 7) is 9.27. The van der Waals surface area contributed by atoms with Crippen molar-refractivity contribution in [3.05, 3.63) is 104 Å². The Balaban J connectivity index is 0.971. The van der Waals surface area contributed by atoms with Gasteiger partial charge in [0, 0.05) is 65.4 Å². The molecule has 2 aliphatic rings. The molecular formula is C34H40Cl2N8O4. The maximum atomic E-state index is 13.1. The summed E-state index contributed by atoms with van der Waals surface area (Å²) in [5.74, 6) is 1.73. The number of aromatic nitrogens is 4. The van der Waals surface area contributed by atoms with Crippen LogP contribution in [0.1, 0.15) is 0 Å². The Kier molecular flexibility index (Phi) is 11.5. The Morgan fingerprint density at radius 2 is 0.917 bits per heavy atom. The molecule has 2 fully saturated rings. The lowest BCUT2D eigenvalue weighted by Crippen LogP contribution is -2.48. The first-order chi connectivity index (χ1) is 23.5. The fraction of sp³-hybridized carbons (Fsp3) is 0.412. The number of piperazine rings is 2. The molecular weight excluding hydrogens is 655 g/mol. The van der Waals surface area contributed by atoms with E-state index in [1.807, 2.05) is 60.7 Å². The van der Waals surface area contributed by atoms with Gasteiger partial charge < -0.3 is 19.3 Å². The van der Waals surface area contributed by atoms with Crippen molar-refractivity contribution in [2.75, 3.05) is 88.5 Å². The number of rotatable bonds is 13. The summed E-state index contributed by atoms with van der Waals surface area (Å²) in [7, 11) is 0. The molecule has 2 saturated heterocycles. The number of aryl methyl sites for hydroxylation is 2. The van der Waals surface area contributed by atoms with E-state index in [2.05, 4.69) is 29.8 Å². The van der Waals surface area contributed by atoms with Gasteiger partial charge in [-0.2, -0.15) is 10.2 Å². The van der Waals surface area contributed by atoms with Crippen LogP contribution >= 0.6 is 23.2 Å². The van der Waals surface area contributed by atoms with Crippen molar-refractivity contribution in [3.8, 4) is 11.5 Å². The standard InChI is InChI=1S/C34H40Cl2N8O4/c35-31-29(41-15-11-39(12-16-41)21-23-47-27-7-3-1-4-8-27)25-37-43(33(31)45)19-20-44-34(46)32(36)30(26-38-44)42-17-13-40(14-18-42)22-24-48-28-9-5-2-6-10-28/h1-10,25-26H,11-24H2. The number of anilines is 2. The molecule has 2 aliphatic heterocycles. The van der Waals surface area contributed by atoms with E-state index < -0.39 is 11.1 Å². The second kappa shape index (κ2) is 16.3. The van der Waals surface area contributed by atoms with Gasteiger partial charge in [-0.05, 0) is 24.3 Å². The molecule has 2 aromatic heterocycles. The second-order valence-corrected chi connectivity index (χ2v) is 12.5. The van der Waals surface area contributed by atoms with E-state index in [1.54, 1.807) is 12.4 Å². The Morgan fingerprint density at radius 1 is 0.542 bits per heavy atom. The fourth-order valence-electron chi connectivity index (χ4n) is 5.91. The van der Waals surface area contributed by atoms with Crippen molar-refractivity contribution < 1.29 is 9.47 Å². The second-order valence-electron chi connectivity index (χ2n) is 11.7. The van der Waals surface area contributed by atoms with Crippen LogP contribution in [0, 0.1) is 0 Å². The predicted octanol–water partition coefficient (Wildman–Crippen LogP) is 3.21. The lowest BCUT2D eigenvalue weighted by Gasteiger charge is -2.36. The zero-order valence-corrected chi connectivity index (χ0v) is 28.3. The van der Waals surface area contributed by atoms with E-state index in [0.717, 1.165) is 76.9 Å². The summed E-state index contributed by atoms with van der Waals surface area (Å²) in [5.41, 5.74) is 0.417. The van der Waals surface area contributed by atoms with Crippen molar-refractivity contribution in [3.63, 3.8) is 0 Å². The first-order valence-electron chi connectivity index (χ1n) is 16.3. The molecule has 0 bridgehead atoms. The van der Waals surface area contributed by atoms with Crippen molar-refractivity contribution in [2.24, 2.45) is 0 Å². The topological polar surface area (TPSA) is 101 Å². The molecule has 0 spiro atoms. The summed E-state index contributed by atoms with van der Waals surface area (Å²) in [6.07, 6.45) is 3.25. The highest BCUT2D eigenvalue weighted by atomic mass is 35.5. The lowest BCUT2D eigenvalue weighted by atomic mass is 10.3. The molecule has 14 heteroatoms. The number of ether oxygens (including phenoxy) is 2. The first-order valence-corrected chi connectivity index (χ1v) is 17.0. The van der Waals surface area contributed by atoms with E-state index >= 15 is 0 Å². The summed E-state index contributed by atoms with van der Waals surface area (Å²) < 4.78 is 14.2. The van der Waals surface area contributed by atoms with Gasteiger partial charge in [-0.1, -0.05) is 59.6 Å². The van der Waals surface area contributed by atoms with Crippen LogP contribution in [0.2, 0.25) is 10.0 Å². The molecule has 0 atom stereocenters. The van der Waals surface area contributed by atoms with E-state index in [1.165, 1.54) is 9.36 Å². The van der Waals surface area contributed by atoms with Crippen LogP contribution < -0.4 is 30.4 Å². The number of hydrogen-bond acceptors (Lipinski definition) is 10. The third-order valence-electron chi connectivity index (χ3n) is 8.72. The molecule has 4 heterocycles. The highest BCUT2D eigenvalue weighted by Crippen LogP contribution is 2.24. The minimum atomic E-state index is -0.407. The van der Waals surface area contributed by atoms with E-state index in [0.29, 0.717) is 24.6 Å². The monoisotopic (exact) mass is 694 g/mol. The number of hydrogen-bond donors (Lipinski definition) is 0. The Hall–Kier alpha value is -4.10. The first kappa shape index (κ1) is 33.8. The Bertz CT molecular complexity index is 1610. The van der Waals surface area contributed by atoms with Gasteiger partial charge in [0.15, 0.2) is 0 Å². The van der Waals surface area contributed by atoms with Gasteiger partial charge in [-0.25, -0.2) is 9.36 Å². The SMILES string of the molecule is O=c1c(Cl)c(N2CCN(CCOc3ccccc3)CC2)cnn1CCn1ncc(N2CCN(CCOc3ccccc3)CC2)c(Cl)c1=O. The molecule has 12 nitrogen and oxygen atoms in total. The molecule has 6 rings (SSSR count). The fourth-order valence-corrected chi connectivity index (χ4v) is 6.44. The summed E-state index contributed by atoms with van der Waals surface area (Å²) in [4.78, 5) is 35.1. The lowest BCUT2D eigenvalue weighted by molar-refractivity contribution is 0.200. The van der Waals surface area contributed by atoms with Gasteiger partial charge in [0.25, 0.3) is 11.1 Å². The highest BCUT2D eigenvalue weighted by Gasteiger charge is 2.23. The molecule has 0 unspecified atom stereocenters. The van der Waals surface area contributed by atoms with Gasteiger partial charge in [-0.15, -0.1) is 0 Å². The van der Waals surface area contributed by atoms with Crippen LogP contribution in [-0.2, 0) is 13.1 Å². The van der Waals surface area contributed by atoms with Crippen LogP contribution in [-0.4, -0.2) is 108 Å². The number of benzene rings is 2. The molecule has 48 heavy (non-hydrogen) atoms. The predicted molar refractivity (Wildman–Crippen MR) is 188 cm³/mol. The average molecular weight is 696 g/mol. The third kappa shape index (κ3) is 8.48. The normalized spacial score (nSPS) is 15.9. The summed E-state index contributed by atoms with van der Waals surface area (Å²) in [5, 5.41) is 8.97. The summed E-state index contributed by atoms with van der Waals surface area (Å²) in [6, 6.07) is 19.6. The number of nitrogens with zero attached hydrogens (tertiary/aromatic N) is 8. The van der Waals surface area contributed by atoms with Gasteiger partial charge >= 0.3 is 0 Å². The molecule has 0 amide bonds. The van der Waals surface area contributed by atoms with E-state index in [-0.39, 0.29) is 23.1 Å². The highest BCUT2D eigenvalue weighted by molar-refractivity contribution is 6.33. The number of para-hydroxylation sites is 2. The maximum Gasteiger partial charge on any atom is 0.287 e. The van der Waals surface area contributed by atoms with E-state index in [9.17, 15) is 9.59 Å². The average Bonchev–Trinajstić information content (AvgIpc) is 3.12. The van der Waals surface area contributed by atoms with Gasteiger partial charge in [-0.3, -0.25) is 19.4 Å². The Morgan fingerprint density at radius 3 is 1.29 bits per heavy atom. The molecule has 0 aliphatic carbocycles. The molecule has 0 radical (unpaired) electrons. The van der Waals surface area contributed by atoms with Crippen LogP contribution in [0.3, 0.4) is 0 Å². The van der Waals surface area contributed by atoms with Crippen LogP contribution in [0.25, 0.3) is 0 Å². The molecule has 0 N–H and O–H groups in total. The zero-order valence-electron chi connectivity index (χ0n) is 26.8. The van der Waals surface area contributed by atoms with E-state index in [4.69, 9.17) is 32.7 Å². The van der Waals surface area contributed by atoms with Crippen LogP contribution in [0.15, 0.2) is 82.6 Å². The van der Waals surface area contributed by atoms with Crippen molar-refractivity contribution in [2.45, 2.75) is 13.1 Å².